The van der Waals surface area contributed by atoms with E-state index in [1.807, 2.05) is 36.4 Å². The standard InChI is InChI=1S/C26H20N2O4/c29-25-13-9-18-14-22(11-12-24(18)28-25)32-26(30)19-5-3-6-21(15-19)31-16-20-10-8-17-4-1-2-7-23(17)27-20/h1-8,10-12,14-15H,9,13,16H2,(H,28,29). The van der Waals surface area contributed by atoms with Gasteiger partial charge in [-0.05, 0) is 60.5 Å². The molecule has 1 aliphatic heterocycles. The van der Waals surface area contributed by atoms with E-state index in [9.17, 15) is 9.59 Å². The van der Waals surface area contributed by atoms with Crippen molar-refractivity contribution in [3.05, 3.63) is 95.7 Å². The summed E-state index contributed by atoms with van der Waals surface area (Å²) in [7, 11) is 0. The Bertz CT molecular complexity index is 1330. The van der Waals surface area contributed by atoms with Gasteiger partial charge in [0.2, 0.25) is 5.91 Å². The predicted molar refractivity (Wildman–Crippen MR) is 121 cm³/mol. The number of rotatable bonds is 5. The lowest BCUT2D eigenvalue weighted by molar-refractivity contribution is -0.116. The Morgan fingerprint density at radius 2 is 1.81 bits per heavy atom. The van der Waals surface area contributed by atoms with Crippen LogP contribution in [-0.4, -0.2) is 16.9 Å². The zero-order valence-electron chi connectivity index (χ0n) is 17.2. The molecule has 0 radical (unpaired) electrons. The fourth-order valence-corrected chi connectivity index (χ4v) is 3.65. The second-order valence-corrected chi connectivity index (χ2v) is 7.57. The van der Waals surface area contributed by atoms with E-state index in [4.69, 9.17) is 9.47 Å². The molecule has 1 aliphatic rings. The van der Waals surface area contributed by atoms with E-state index in [1.165, 1.54) is 0 Å². The maximum absolute atomic E-state index is 12.6. The van der Waals surface area contributed by atoms with Crippen LogP contribution in [-0.2, 0) is 17.8 Å². The van der Waals surface area contributed by atoms with Crippen LogP contribution in [0, 0.1) is 0 Å². The molecule has 0 saturated carbocycles. The summed E-state index contributed by atoms with van der Waals surface area (Å²) in [5, 5.41) is 3.89. The Morgan fingerprint density at radius 3 is 2.75 bits per heavy atom. The largest absolute Gasteiger partial charge is 0.487 e. The molecule has 0 fully saturated rings. The lowest BCUT2D eigenvalue weighted by Crippen LogP contribution is -2.19. The van der Waals surface area contributed by atoms with E-state index in [2.05, 4.69) is 10.3 Å². The highest BCUT2D eigenvalue weighted by Gasteiger charge is 2.17. The number of anilines is 1. The number of esters is 1. The van der Waals surface area contributed by atoms with E-state index in [1.54, 1.807) is 42.5 Å². The highest BCUT2D eigenvalue weighted by molar-refractivity contribution is 5.94. The second-order valence-electron chi connectivity index (χ2n) is 7.57. The molecule has 0 saturated heterocycles. The number of carbonyl (C=O) groups excluding carboxylic acids is 2. The van der Waals surface area contributed by atoms with E-state index < -0.39 is 5.97 Å². The van der Waals surface area contributed by atoms with E-state index in [0.29, 0.717) is 36.5 Å². The summed E-state index contributed by atoms with van der Waals surface area (Å²) in [6, 6.07) is 24.0. The number of para-hydroxylation sites is 1. The average Bonchev–Trinajstić information content (AvgIpc) is 2.83. The normalized spacial score (nSPS) is 12.7. The van der Waals surface area contributed by atoms with Crippen LogP contribution in [0.25, 0.3) is 10.9 Å². The van der Waals surface area contributed by atoms with Crippen LogP contribution in [0.2, 0.25) is 0 Å². The summed E-state index contributed by atoms with van der Waals surface area (Å²) in [4.78, 5) is 28.7. The maximum Gasteiger partial charge on any atom is 0.343 e. The van der Waals surface area contributed by atoms with Crippen molar-refractivity contribution in [2.24, 2.45) is 0 Å². The molecule has 4 aromatic rings. The van der Waals surface area contributed by atoms with Crippen molar-refractivity contribution in [2.45, 2.75) is 19.4 Å². The monoisotopic (exact) mass is 424 g/mol. The van der Waals surface area contributed by atoms with Gasteiger partial charge in [0.25, 0.3) is 0 Å². The number of hydrogen-bond donors (Lipinski definition) is 1. The van der Waals surface area contributed by atoms with Gasteiger partial charge in [0.05, 0.1) is 16.8 Å². The van der Waals surface area contributed by atoms with Gasteiger partial charge < -0.3 is 14.8 Å². The van der Waals surface area contributed by atoms with Crippen molar-refractivity contribution in [1.82, 2.24) is 4.98 Å². The third kappa shape index (κ3) is 4.30. The SMILES string of the molecule is O=C1CCc2cc(OC(=O)c3cccc(OCc4ccc5ccccc5n4)c3)ccc2N1. The molecular weight excluding hydrogens is 404 g/mol. The van der Waals surface area contributed by atoms with Crippen molar-refractivity contribution in [1.29, 1.82) is 0 Å². The number of nitrogens with one attached hydrogen (secondary N) is 1. The van der Waals surface area contributed by atoms with Crippen LogP contribution in [0.4, 0.5) is 5.69 Å². The first kappa shape index (κ1) is 19.8. The van der Waals surface area contributed by atoms with Gasteiger partial charge in [0.15, 0.2) is 0 Å². The molecule has 3 aromatic carbocycles. The highest BCUT2D eigenvalue weighted by Crippen LogP contribution is 2.27. The van der Waals surface area contributed by atoms with Crippen LogP contribution in [0.1, 0.15) is 28.0 Å². The first-order valence-corrected chi connectivity index (χ1v) is 10.4. The average molecular weight is 424 g/mol. The van der Waals surface area contributed by atoms with Crippen LogP contribution >= 0.6 is 0 Å². The molecule has 0 atom stereocenters. The molecule has 0 spiro atoms. The predicted octanol–water partition coefficient (Wildman–Crippen LogP) is 4.92. The Labute approximate surface area is 184 Å². The number of ether oxygens (including phenoxy) is 2. The van der Waals surface area contributed by atoms with Gasteiger partial charge >= 0.3 is 5.97 Å². The molecule has 32 heavy (non-hydrogen) atoms. The van der Waals surface area contributed by atoms with Gasteiger partial charge in [-0.1, -0.05) is 30.3 Å². The molecule has 1 aromatic heterocycles. The summed E-state index contributed by atoms with van der Waals surface area (Å²) in [5.41, 5.74) is 3.82. The quantitative estimate of drug-likeness (QED) is 0.364. The first-order chi connectivity index (χ1) is 15.6. The number of carbonyl (C=O) groups is 2. The number of aryl methyl sites for hydroxylation is 1. The topological polar surface area (TPSA) is 77.5 Å². The number of aromatic nitrogens is 1. The smallest absolute Gasteiger partial charge is 0.343 e. The summed E-state index contributed by atoms with van der Waals surface area (Å²) < 4.78 is 11.4. The third-order valence-corrected chi connectivity index (χ3v) is 5.30. The van der Waals surface area contributed by atoms with Gasteiger partial charge in [0.1, 0.15) is 18.1 Å². The highest BCUT2D eigenvalue weighted by atomic mass is 16.5. The van der Waals surface area contributed by atoms with Crippen molar-refractivity contribution >= 4 is 28.5 Å². The van der Waals surface area contributed by atoms with Crippen LogP contribution in [0.3, 0.4) is 0 Å². The lowest BCUT2D eigenvalue weighted by atomic mass is 10.0. The van der Waals surface area contributed by atoms with Crippen LogP contribution in [0.15, 0.2) is 78.9 Å². The Balaban J connectivity index is 1.26. The van der Waals surface area contributed by atoms with E-state index >= 15 is 0 Å². The maximum atomic E-state index is 12.6. The Morgan fingerprint density at radius 1 is 0.906 bits per heavy atom. The molecule has 6 heteroatoms. The molecule has 6 nitrogen and oxygen atoms in total. The number of amides is 1. The molecule has 2 heterocycles. The number of nitrogens with zero attached hydrogens (tertiary/aromatic N) is 1. The minimum Gasteiger partial charge on any atom is -0.487 e. The van der Waals surface area contributed by atoms with Crippen molar-refractivity contribution < 1.29 is 19.1 Å². The van der Waals surface area contributed by atoms with E-state index in [-0.39, 0.29) is 5.91 Å². The first-order valence-electron chi connectivity index (χ1n) is 10.4. The molecule has 158 valence electrons. The molecule has 0 unspecified atom stereocenters. The summed E-state index contributed by atoms with van der Waals surface area (Å²) in [6.45, 7) is 0.292. The van der Waals surface area contributed by atoms with Crippen molar-refractivity contribution in [3.8, 4) is 11.5 Å². The molecule has 5 rings (SSSR count). The van der Waals surface area contributed by atoms with Gasteiger partial charge in [0, 0.05) is 17.5 Å². The zero-order valence-corrected chi connectivity index (χ0v) is 17.2. The summed E-state index contributed by atoms with van der Waals surface area (Å²) in [6.07, 6.45) is 1.05. The minimum atomic E-state index is -0.473. The molecule has 1 N–H and O–H groups in total. The van der Waals surface area contributed by atoms with E-state index in [0.717, 1.165) is 27.8 Å². The van der Waals surface area contributed by atoms with Gasteiger partial charge in [-0.25, -0.2) is 9.78 Å². The lowest BCUT2D eigenvalue weighted by Gasteiger charge is -2.17. The Kier molecular flexibility index (Phi) is 5.25. The fourth-order valence-electron chi connectivity index (χ4n) is 3.65. The minimum absolute atomic E-state index is 0.00190. The van der Waals surface area contributed by atoms with Gasteiger partial charge in [-0.3, -0.25) is 4.79 Å². The number of fused-ring (bicyclic) bond motifs is 2. The van der Waals surface area contributed by atoms with Crippen molar-refractivity contribution in [2.75, 3.05) is 5.32 Å². The zero-order chi connectivity index (χ0) is 21.9. The Hall–Kier alpha value is -4.19. The summed E-state index contributed by atoms with van der Waals surface area (Å²) in [5.74, 6) is 0.524. The second kappa shape index (κ2) is 8.51. The van der Waals surface area contributed by atoms with Gasteiger partial charge in [-0.2, -0.15) is 0 Å². The number of benzene rings is 3. The van der Waals surface area contributed by atoms with Crippen molar-refractivity contribution in [3.63, 3.8) is 0 Å². The molecule has 0 bridgehead atoms. The molecule has 0 aliphatic carbocycles. The van der Waals surface area contributed by atoms with Crippen LogP contribution < -0.4 is 14.8 Å². The van der Waals surface area contributed by atoms with Crippen LogP contribution in [0.5, 0.6) is 11.5 Å². The van der Waals surface area contributed by atoms with Gasteiger partial charge in [-0.15, -0.1) is 0 Å². The fraction of sp³-hybridized carbons (Fsp3) is 0.115. The summed E-state index contributed by atoms with van der Waals surface area (Å²) >= 11 is 0. The third-order valence-electron chi connectivity index (χ3n) is 5.30. The number of pyridine rings is 1. The molecular formula is C26H20N2O4. The molecule has 1 amide bonds. The number of hydrogen-bond acceptors (Lipinski definition) is 5.